The molecule has 0 spiro atoms. The molecular formula is C25H27BrN8. The molecule has 0 amide bonds. The van der Waals surface area contributed by atoms with Crippen molar-refractivity contribution in [1.82, 2.24) is 39.9 Å². The molecule has 1 fully saturated rings. The quantitative estimate of drug-likeness (QED) is 0.318. The number of aromatic nitrogens is 7. The van der Waals surface area contributed by atoms with Crippen molar-refractivity contribution in [1.29, 1.82) is 0 Å². The molecule has 174 valence electrons. The average molecular weight is 519 g/mol. The van der Waals surface area contributed by atoms with Gasteiger partial charge in [0.25, 0.3) is 0 Å². The Hall–Kier alpha value is -3.04. The van der Waals surface area contributed by atoms with Gasteiger partial charge >= 0.3 is 0 Å². The lowest BCUT2D eigenvalue weighted by atomic mass is 9.89. The van der Waals surface area contributed by atoms with E-state index in [-0.39, 0.29) is 0 Å². The lowest BCUT2D eigenvalue weighted by molar-refractivity contribution is 0.342. The smallest absolute Gasteiger partial charge is 0.137 e. The zero-order valence-electron chi connectivity index (χ0n) is 18.9. The number of aromatic amines is 1. The molecule has 6 rings (SSSR count). The molecule has 1 aliphatic rings. The van der Waals surface area contributed by atoms with Gasteiger partial charge in [-0.2, -0.15) is 5.10 Å². The number of rotatable bonds is 7. The summed E-state index contributed by atoms with van der Waals surface area (Å²) < 4.78 is 4.91. The van der Waals surface area contributed by atoms with Crippen molar-refractivity contribution in [3.8, 4) is 11.3 Å². The average Bonchev–Trinajstić information content (AvgIpc) is 3.58. The van der Waals surface area contributed by atoms with E-state index >= 15 is 0 Å². The van der Waals surface area contributed by atoms with E-state index < -0.39 is 0 Å². The van der Waals surface area contributed by atoms with E-state index in [1.165, 1.54) is 37.7 Å². The van der Waals surface area contributed by atoms with E-state index in [4.69, 9.17) is 4.98 Å². The van der Waals surface area contributed by atoms with Gasteiger partial charge in [0.05, 0.1) is 30.1 Å². The molecule has 4 heterocycles. The van der Waals surface area contributed by atoms with E-state index in [2.05, 4.69) is 70.7 Å². The highest BCUT2D eigenvalue weighted by molar-refractivity contribution is 9.10. The van der Waals surface area contributed by atoms with Gasteiger partial charge in [-0.15, -0.1) is 5.10 Å². The van der Waals surface area contributed by atoms with Crippen LogP contribution in [0.1, 0.15) is 43.4 Å². The topological polar surface area (TPSA) is 88.7 Å². The number of halogens is 1. The van der Waals surface area contributed by atoms with Crippen LogP contribution in [0.15, 0.2) is 53.5 Å². The van der Waals surface area contributed by atoms with E-state index in [0.29, 0.717) is 6.54 Å². The van der Waals surface area contributed by atoms with Crippen LogP contribution in [-0.4, -0.2) is 41.1 Å². The Bertz CT molecular complexity index is 1430. The molecule has 0 bridgehead atoms. The molecule has 0 atom stereocenters. The molecule has 2 N–H and O–H groups in total. The van der Waals surface area contributed by atoms with Gasteiger partial charge in [0, 0.05) is 34.4 Å². The van der Waals surface area contributed by atoms with E-state index in [1.54, 1.807) is 0 Å². The summed E-state index contributed by atoms with van der Waals surface area (Å²) in [5.74, 6) is 0.839. The van der Waals surface area contributed by atoms with Gasteiger partial charge in [0.15, 0.2) is 0 Å². The number of hydrogen-bond acceptors (Lipinski definition) is 5. The van der Waals surface area contributed by atoms with Crippen molar-refractivity contribution in [3.05, 3.63) is 64.8 Å². The van der Waals surface area contributed by atoms with Gasteiger partial charge in [-0.25, -0.2) is 9.67 Å². The van der Waals surface area contributed by atoms with Crippen LogP contribution in [-0.2, 0) is 13.1 Å². The van der Waals surface area contributed by atoms with Crippen molar-refractivity contribution in [2.75, 3.05) is 6.54 Å². The maximum Gasteiger partial charge on any atom is 0.137 e. The van der Waals surface area contributed by atoms with Gasteiger partial charge in [-0.3, -0.25) is 5.10 Å². The van der Waals surface area contributed by atoms with Crippen LogP contribution < -0.4 is 5.32 Å². The van der Waals surface area contributed by atoms with Crippen molar-refractivity contribution in [3.63, 3.8) is 0 Å². The van der Waals surface area contributed by atoms with E-state index in [9.17, 15) is 0 Å². The predicted octanol–water partition coefficient (Wildman–Crippen LogP) is 4.95. The molecule has 8 nitrogen and oxygen atoms in total. The standard InChI is InChI=1S/C25H27BrN8/c26-19-8-21(22-12-28-30-23(22)9-19)24-16-34(32-31-24)15-20-14-33-13-18(6-7-25(33)29-20)11-27-10-17-4-2-1-3-5-17/h6-9,12-14,16-17,27H,1-5,10-11,15H2,(H,28,30). The Morgan fingerprint density at radius 1 is 1.09 bits per heavy atom. The first-order chi connectivity index (χ1) is 16.7. The number of benzene rings is 1. The van der Waals surface area contributed by atoms with Crippen molar-refractivity contribution in [2.24, 2.45) is 5.92 Å². The van der Waals surface area contributed by atoms with Crippen LogP contribution in [0.3, 0.4) is 0 Å². The van der Waals surface area contributed by atoms with Crippen LogP contribution in [0.4, 0.5) is 0 Å². The molecule has 1 aliphatic carbocycles. The van der Waals surface area contributed by atoms with Crippen molar-refractivity contribution < 1.29 is 0 Å². The monoisotopic (exact) mass is 518 g/mol. The summed E-state index contributed by atoms with van der Waals surface area (Å²) in [5.41, 5.74) is 5.93. The van der Waals surface area contributed by atoms with Gasteiger partial charge in [0.1, 0.15) is 11.3 Å². The highest BCUT2D eigenvalue weighted by atomic mass is 79.9. The Morgan fingerprint density at radius 2 is 2.00 bits per heavy atom. The second-order valence-corrected chi connectivity index (χ2v) is 10.2. The molecule has 5 aromatic rings. The van der Waals surface area contributed by atoms with Gasteiger partial charge in [0.2, 0.25) is 0 Å². The highest BCUT2D eigenvalue weighted by Crippen LogP contribution is 2.30. The third-order valence-electron chi connectivity index (χ3n) is 6.71. The van der Waals surface area contributed by atoms with Crippen molar-refractivity contribution in [2.45, 2.75) is 45.2 Å². The van der Waals surface area contributed by atoms with Gasteiger partial charge in [-0.1, -0.05) is 46.5 Å². The summed E-state index contributed by atoms with van der Waals surface area (Å²) in [6.07, 6.45) is 15.0. The van der Waals surface area contributed by atoms with Crippen molar-refractivity contribution >= 4 is 32.5 Å². The van der Waals surface area contributed by atoms with E-state index in [1.807, 2.05) is 29.2 Å². The van der Waals surface area contributed by atoms with Crippen LogP contribution in [0.25, 0.3) is 27.8 Å². The SMILES string of the molecule is Brc1cc(-c2cn(Cc3cn4cc(CNCC5CCCCC5)ccc4n3)nn2)c2cn[nH]c2c1. The summed E-state index contributed by atoms with van der Waals surface area (Å²) in [6.45, 7) is 2.57. The number of pyridine rings is 1. The van der Waals surface area contributed by atoms with Crippen LogP contribution >= 0.6 is 15.9 Å². The zero-order chi connectivity index (χ0) is 22.9. The summed E-state index contributed by atoms with van der Waals surface area (Å²) in [6, 6.07) is 8.30. The molecule has 34 heavy (non-hydrogen) atoms. The molecule has 0 radical (unpaired) electrons. The summed E-state index contributed by atoms with van der Waals surface area (Å²) >= 11 is 3.57. The summed E-state index contributed by atoms with van der Waals surface area (Å²) in [7, 11) is 0. The fourth-order valence-corrected chi connectivity index (χ4v) is 5.43. The Labute approximate surface area is 205 Å². The number of hydrogen-bond donors (Lipinski definition) is 2. The minimum Gasteiger partial charge on any atom is -0.312 e. The molecule has 4 aromatic heterocycles. The maximum atomic E-state index is 4.77. The molecule has 9 heteroatoms. The van der Waals surface area contributed by atoms with E-state index in [0.717, 1.165) is 57.0 Å². The molecule has 1 saturated carbocycles. The minimum absolute atomic E-state index is 0.562. The van der Waals surface area contributed by atoms with Crippen LogP contribution in [0, 0.1) is 5.92 Å². The first-order valence-corrected chi connectivity index (χ1v) is 12.7. The van der Waals surface area contributed by atoms with Crippen LogP contribution in [0.2, 0.25) is 0 Å². The number of fused-ring (bicyclic) bond motifs is 2. The molecule has 1 aromatic carbocycles. The zero-order valence-corrected chi connectivity index (χ0v) is 20.5. The Balaban J connectivity index is 1.15. The van der Waals surface area contributed by atoms with Crippen LogP contribution in [0.5, 0.6) is 0 Å². The first-order valence-electron chi connectivity index (χ1n) is 11.9. The van der Waals surface area contributed by atoms with Gasteiger partial charge in [-0.05, 0) is 49.1 Å². The third-order valence-corrected chi connectivity index (χ3v) is 7.17. The molecular weight excluding hydrogens is 492 g/mol. The first kappa shape index (κ1) is 21.5. The lowest BCUT2D eigenvalue weighted by Crippen LogP contribution is -2.24. The highest BCUT2D eigenvalue weighted by Gasteiger charge is 2.14. The maximum absolute atomic E-state index is 4.77. The summed E-state index contributed by atoms with van der Waals surface area (Å²) in [5, 5.41) is 20.6. The second-order valence-electron chi connectivity index (χ2n) is 9.26. The summed E-state index contributed by atoms with van der Waals surface area (Å²) in [4.78, 5) is 4.77. The molecule has 0 saturated heterocycles. The molecule has 0 unspecified atom stereocenters. The lowest BCUT2D eigenvalue weighted by Gasteiger charge is -2.21. The Morgan fingerprint density at radius 3 is 2.91 bits per heavy atom. The fourth-order valence-electron chi connectivity index (χ4n) is 4.98. The number of H-pyrrole nitrogens is 1. The molecule has 0 aliphatic heterocycles. The van der Waals surface area contributed by atoms with Gasteiger partial charge < -0.3 is 9.72 Å². The second kappa shape index (κ2) is 9.31. The fraction of sp³-hybridized carbons (Fsp3) is 0.360. The third kappa shape index (κ3) is 4.50. The number of nitrogens with one attached hydrogen (secondary N) is 2. The minimum atomic E-state index is 0.562. The Kier molecular flexibility index (Phi) is 5.88. The number of imidazole rings is 1. The largest absolute Gasteiger partial charge is 0.312 e. The normalized spacial score (nSPS) is 15.0. The predicted molar refractivity (Wildman–Crippen MR) is 135 cm³/mol. The number of nitrogens with zero attached hydrogens (tertiary/aromatic N) is 6.